The van der Waals surface area contributed by atoms with Gasteiger partial charge in [-0.15, -0.1) is 0 Å². The molecule has 1 saturated heterocycles. The SMILES string of the molecule is COCCCNC(=O)c1ccc(NCC(=O)Nc2cccc(C(=O)N3CCCC3)c2)cc1. The third kappa shape index (κ3) is 6.81. The van der Waals surface area contributed by atoms with E-state index in [1.165, 1.54) is 0 Å². The van der Waals surface area contributed by atoms with E-state index in [-0.39, 0.29) is 24.3 Å². The molecule has 32 heavy (non-hydrogen) atoms. The van der Waals surface area contributed by atoms with Crippen LogP contribution in [0.3, 0.4) is 0 Å². The Labute approximate surface area is 188 Å². The molecular weight excluding hydrogens is 408 g/mol. The van der Waals surface area contributed by atoms with Crippen LogP contribution in [0.4, 0.5) is 11.4 Å². The Balaban J connectivity index is 1.46. The van der Waals surface area contributed by atoms with E-state index in [1.54, 1.807) is 55.6 Å². The standard InChI is InChI=1S/C24H30N4O4/c1-32-15-5-12-25-23(30)18-8-10-20(11-9-18)26-17-22(29)27-21-7-4-6-19(16-21)24(31)28-13-2-3-14-28/h4,6-11,16,26H,2-3,5,12-15,17H2,1H3,(H,25,30)(H,27,29). The van der Waals surface area contributed by atoms with Crippen LogP contribution in [0, 0.1) is 0 Å². The van der Waals surface area contributed by atoms with Crippen molar-refractivity contribution in [2.24, 2.45) is 0 Å². The van der Waals surface area contributed by atoms with Crippen molar-refractivity contribution in [3.63, 3.8) is 0 Å². The van der Waals surface area contributed by atoms with E-state index in [4.69, 9.17) is 4.74 Å². The lowest BCUT2D eigenvalue weighted by Crippen LogP contribution is -2.27. The molecule has 1 heterocycles. The fourth-order valence-corrected chi connectivity index (χ4v) is 3.48. The van der Waals surface area contributed by atoms with Crippen LogP contribution in [-0.2, 0) is 9.53 Å². The smallest absolute Gasteiger partial charge is 0.253 e. The summed E-state index contributed by atoms with van der Waals surface area (Å²) in [5.41, 5.74) is 2.45. The first-order valence-electron chi connectivity index (χ1n) is 10.9. The van der Waals surface area contributed by atoms with Gasteiger partial charge in [-0.25, -0.2) is 0 Å². The molecule has 8 heteroatoms. The highest BCUT2D eigenvalue weighted by molar-refractivity contribution is 5.98. The maximum Gasteiger partial charge on any atom is 0.253 e. The quantitative estimate of drug-likeness (QED) is 0.496. The van der Waals surface area contributed by atoms with Gasteiger partial charge < -0.3 is 25.6 Å². The summed E-state index contributed by atoms with van der Waals surface area (Å²) in [7, 11) is 1.63. The second-order valence-electron chi connectivity index (χ2n) is 7.66. The van der Waals surface area contributed by atoms with Crippen molar-refractivity contribution in [3.8, 4) is 0 Å². The average Bonchev–Trinajstić information content (AvgIpc) is 3.35. The highest BCUT2D eigenvalue weighted by Gasteiger charge is 2.19. The zero-order chi connectivity index (χ0) is 22.8. The average molecular weight is 439 g/mol. The first-order chi connectivity index (χ1) is 15.6. The first kappa shape index (κ1) is 23.3. The van der Waals surface area contributed by atoms with Gasteiger partial charge in [-0.1, -0.05) is 6.07 Å². The van der Waals surface area contributed by atoms with Gasteiger partial charge in [0, 0.05) is 55.9 Å². The van der Waals surface area contributed by atoms with Crippen molar-refractivity contribution >= 4 is 29.1 Å². The van der Waals surface area contributed by atoms with Crippen molar-refractivity contribution in [2.45, 2.75) is 19.3 Å². The summed E-state index contributed by atoms with van der Waals surface area (Å²) in [5, 5.41) is 8.68. The van der Waals surface area contributed by atoms with Crippen molar-refractivity contribution in [2.75, 3.05) is 50.5 Å². The minimum absolute atomic E-state index is 0.000419. The third-order valence-corrected chi connectivity index (χ3v) is 5.20. The molecule has 1 aliphatic heterocycles. The Hall–Kier alpha value is -3.39. The summed E-state index contributed by atoms with van der Waals surface area (Å²) < 4.78 is 4.96. The Bertz CT molecular complexity index is 924. The van der Waals surface area contributed by atoms with Crippen LogP contribution in [0.2, 0.25) is 0 Å². The molecule has 0 bridgehead atoms. The molecule has 1 aliphatic rings. The van der Waals surface area contributed by atoms with E-state index in [1.807, 2.05) is 4.90 Å². The van der Waals surface area contributed by atoms with Crippen LogP contribution in [-0.4, -0.2) is 62.5 Å². The van der Waals surface area contributed by atoms with E-state index < -0.39 is 0 Å². The number of rotatable bonds is 10. The number of nitrogens with zero attached hydrogens (tertiary/aromatic N) is 1. The number of amides is 3. The van der Waals surface area contributed by atoms with Crippen molar-refractivity contribution in [3.05, 3.63) is 59.7 Å². The zero-order valence-electron chi connectivity index (χ0n) is 18.4. The van der Waals surface area contributed by atoms with Gasteiger partial charge in [0.2, 0.25) is 5.91 Å². The predicted octanol–water partition coefficient (Wildman–Crippen LogP) is 2.74. The second kappa shape index (κ2) is 11.9. The molecule has 2 aromatic rings. The first-order valence-corrected chi connectivity index (χ1v) is 10.9. The normalized spacial score (nSPS) is 13.0. The van der Waals surface area contributed by atoms with E-state index in [2.05, 4.69) is 16.0 Å². The molecule has 3 amide bonds. The summed E-state index contributed by atoms with van der Waals surface area (Å²) in [5.74, 6) is -0.371. The molecule has 0 atom stereocenters. The number of hydrogen-bond donors (Lipinski definition) is 3. The number of likely N-dealkylation sites (tertiary alicyclic amines) is 1. The number of hydrogen-bond acceptors (Lipinski definition) is 5. The van der Waals surface area contributed by atoms with Crippen LogP contribution in [0.5, 0.6) is 0 Å². The molecule has 0 unspecified atom stereocenters. The number of benzene rings is 2. The van der Waals surface area contributed by atoms with E-state index >= 15 is 0 Å². The number of methoxy groups -OCH3 is 1. The highest BCUT2D eigenvalue weighted by atomic mass is 16.5. The Morgan fingerprint density at radius 1 is 0.969 bits per heavy atom. The molecule has 1 fully saturated rings. The molecule has 2 aromatic carbocycles. The van der Waals surface area contributed by atoms with E-state index in [9.17, 15) is 14.4 Å². The number of anilines is 2. The summed E-state index contributed by atoms with van der Waals surface area (Å²) in [6, 6.07) is 13.9. The lowest BCUT2D eigenvalue weighted by atomic mass is 10.1. The molecule has 0 spiro atoms. The molecule has 3 N–H and O–H groups in total. The fourth-order valence-electron chi connectivity index (χ4n) is 3.48. The third-order valence-electron chi connectivity index (χ3n) is 5.20. The van der Waals surface area contributed by atoms with Crippen molar-refractivity contribution in [1.82, 2.24) is 10.2 Å². The number of ether oxygens (including phenoxy) is 1. The molecule has 3 rings (SSSR count). The Morgan fingerprint density at radius 2 is 1.72 bits per heavy atom. The predicted molar refractivity (Wildman–Crippen MR) is 124 cm³/mol. The van der Waals surface area contributed by atoms with Gasteiger partial charge >= 0.3 is 0 Å². The second-order valence-corrected chi connectivity index (χ2v) is 7.66. The van der Waals surface area contributed by atoms with Gasteiger partial charge in [0.1, 0.15) is 0 Å². The zero-order valence-corrected chi connectivity index (χ0v) is 18.4. The largest absolute Gasteiger partial charge is 0.385 e. The van der Waals surface area contributed by atoms with E-state index in [0.717, 1.165) is 38.0 Å². The molecule has 0 aliphatic carbocycles. The van der Waals surface area contributed by atoms with Crippen LogP contribution < -0.4 is 16.0 Å². The molecule has 170 valence electrons. The topological polar surface area (TPSA) is 99.8 Å². The number of carbonyl (C=O) groups excluding carboxylic acids is 3. The van der Waals surface area contributed by atoms with Gasteiger partial charge in [0.25, 0.3) is 11.8 Å². The van der Waals surface area contributed by atoms with Crippen molar-refractivity contribution in [1.29, 1.82) is 0 Å². The molecule has 0 aromatic heterocycles. The lowest BCUT2D eigenvalue weighted by Gasteiger charge is -2.16. The van der Waals surface area contributed by atoms with Gasteiger partial charge in [0.15, 0.2) is 0 Å². The maximum absolute atomic E-state index is 12.5. The summed E-state index contributed by atoms with van der Waals surface area (Å²) in [6.45, 7) is 2.79. The fraction of sp³-hybridized carbons (Fsp3) is 0.375. The van der Waals surface area contributed by atoms with Crippen LogP contribution in [0.25, 0.3) is 0 Å². The minimum Gasteiger partial charge on any atom is -0.385 e. The summed E-state index contributed by atoms with van der Waals surface area (Å²) in [4.78, 5) is 38.8. The monoisotopic (exact) mass is 438 g/mol. The maximum atomic E-state index is 12.5. The molecule has 8 nitrogen and oxygen atoms in total. The lowest BCUT2D eigenvalue weighted by molar-refractivity contribution is -0.114. The number of carbonyl (C=O) groups is 3. The van der Waals surface area contributed by atoms with Gasteiger partial charge in [-0.2, -0.15) is 0 Å². The van der Waals surface area contributed by atoms with Crippen LogP contribution in [0.15, 0.2) is 48.5 Å². The van der Waals surface area contributed by atoms with Gasteiger partial charge in [-0.05, 0) is 61.7 Å². The van der Waals surface area contributed by atoms with Crippen LogP contribution in [0.1, 0.15) is 40.0 Å². The molecular formula is C24H30N4O4. The minimum atomic E-state index is -0.226. The number of nitrogens with one attached hydrogen (secondary N) is 3. The molecule has 0 saturated carbocycles. The van der Waals surface area contributed by atoms with Gasteiger partial charge in [-0.3, -0.25) is 14.4 Å². The summed E-state index contributed by atoms with van der Waals surface area (Å²) in [6.07, 6.45) is 2.83. The summed E-state index contributed by atoms with van der Waals surface area (Å²) >= 11 is 0. The Morgan fingerprint density at radius 3 is 2.44 bits per heavy atom. The Kier molecular flexibility index (Phi) is 8.62. The van der Waals surface area contributed by atoms with Crippen LogP contribution >= 0.6 is 0 Å². The van der Waals surface area contributed by atoms with Crippen molar-refractivity contribution < 1.29 is 19.1 Å². The molecule has 0 radical (unpaired) electrons. The van der Waals surface area contributed by atoms with Gasteiger partial charge in [0.05, 0.1) is 6.54 Å². The highest BCUT2D eigenvalue weighted by Crippen LogP contribution is 2.16. The van der Waals surface area contributed by atoms with E-state index in [0.29, 0.717) is 30.0 Å².